The molecule has 2 aromatic carbocycles. The molecule has 0 aliphatic carbocycles. The SMILES string of the molecule is CC(C)(C)OC(=O)N1[C@@H]2C=C[C@H]1CC(=O)[C@H]2N1C(=O)O[C@H](c2ccccc2)[C@@H]1c1ccccc1. The second kappa shape index (κ2) is 8.31. The number of ether oxygens (including phenoxy) is 2. The number of hydrogen-bond donors (Lipinski definition) is 0. The Labute approximate surface area is 198 Å². The number of Topliss-reactive ketones (excluding diaryl/α,β-unsaturated/α-hetero) is 1. The average Bonchev–Trinajstić information content (AvgIpc) is 3.31. The summed E-state index contributed by atoms with van der Waals surface area (Å²) in [6.45, 7) is 5.42. The summed E-state index contributed by atoms with van der Waals surface area (Å²) in [4.78, 5) is 42.9. The van der Waals surface area contributed by atoms with Crippen LogP contribution < -0.4 is 0 Å². The summed E-state index contributed by atoms with van der Waals surface area (Å²) < 4.78 is 11.5. The highest BCUT2D eigenvalue weighted by molar-refractivity contribution is 5.93. The Hall–Kier alpha value is -3.61. The van der Waals surface area contributed by atoms with Crippen LogP contribution in [-0.2, 0) is 14.3 Å². The third-order valence-corrected chi connectivity index (χ3v) is 6.47. The highest BCUT2D eigenvalue weighted by Gasteiger charge is 2.56. The molecule has 3 aliphatic heterocycles. The van der Waals surface area contributed by atoms with Crippen LogP contribution >= 0.6 is 0 Å². The van der Waals surface area contributed by atoms with Gasteiger partial charge in [0.1, 0.15) is 17.7 Å². The molecule has 3 aliphatic rings. The number of rotatable bonds is 3. The van der Waals surface area contributed by atoms with E-state index in [-0.39, 0.29) is 18.2 Å². The van der Waals surface area contributed by atoms with Crippen LogP contribution in [0.15, 0.2) is 72.8 Å². The van der Waals surface area contributed by atoms with Gasteiger partial charge in [0.15, 0.2) is 11.9 Å². The molecule has 5 atom stereocenters. The Morgan fingerprint density at radius 2 is 1.53 bits per heavy atom. The minimum Gasteiger partial charge on any atom is -0.444 e. The number of amides is 2. The molecule has 0 aromatic heterocycles. The fourth-order valence-electron chi connectivity index (χ4n) is 5.14. The van der Waals surface area contributed by atoms with E-state index in [1.54, 1.807) is 25.7 Å². The minimum absolute atomic E-state index is 0.0913. The van der Waals surface area contributed by atoms with Gasteiger partial charge in [0.05, 0.1) is 12.1 Å². The number of carbonyl (C=O) groups is 3. The van der Waals surface area contributed by atoms with E-state index in [1.807, 2.05) is 72.8 Å². The van der Waals surface area contributed by atoms with Crippen molar-refractivity contribution in [2.75, 3.05) is 0 Å². The second-order valence-corrected chi connectivity index (χ2v) is 9.92. The van der Waals surface area contributed by atoms with Crippen molar-refractivity contribution >= 4 is 18.0 Å². The average molecular weight is 461 g/mol. The third-order valence-electron chi connectivity index (χ3n) is 6.47. The largest absolute Gasteiger partial charge is 0.444 e. The van der Waals surface area contributed by atoms with Crippen LogP contribution in [0.4, 0.5) is 9.59 Å². The van der Waals surface area contributed by atoms with E-state index < -0.39 is 42.0 Å². The molecule has 2 bridgehead atoms. The van der Waals surface area contributed by atoms with E-state index in [4.69, 9.17) is 9.47 Å². The van der Waals surface area contributed by atoms with E-state index in [2.05, 4.69) is 0 Å². The number of cyclic esters (lactones) is 1. The van der Waals surface area contributed by atoms with Crippen molar-refractivity contribution in [1.82, 2.24) is 9.80 Å². The van der Waals surface area contributed by atoms with Crippen LogP contribution in [0.25, 0.3) is 0 Å². The number of fused-ring (bicyclic) bond motifs is 2. The first-order chi connectivity index (χ1) is 16.2. The molecule has 0 unspecified atom stereocenters. The zero-order chi connectivity index (χ0) is 24.0. The molecular formula is C27H28N2O5. The van der Waals surface area contributed by atoms with Crippen LogP contribution in [0, 0.1) is 0 Å². The number of benzene rings is 2. The Morgan fingerprint density at radius 3 is 2.15 bits per heavy atom. The Balaban J connectivity index is 1.55. The van der Waals surface area contributed by atoms with Crippen molar-refractivity contribution in [2.45, 2.75) is 63.1 Å². The lowest BCUT2D eigenvalue weighted by atomic mass is 9.89. The predicted octanol–water partition coefficient (Wildman–Crippen LogP) is 4.81. The third kappa shape index (κ3) is 3.85. The molecule has 176 valence electrons. The first kappa shape index (κ1) is 22.2. The van der Waals surface area contributed by atoms with Crippen molar-refractivity contribution in [3.05, 3.63) is 83.9 Å². The van der Waals surface area contributed by atoms with E-state index in [0.29, 0.717) is 0 Å². The molecule has 34 heavy (non-hydrogen) atoms. The monoisotopic (exact) mass is 460 g/mol. The number of nitrogens with zero attached hydrogens (tertiary/aromatic N) is 2. The van der Waals surface area contributed by atoms with Gasteiger partial charge in [0, 0.05) is 6.42 Å². The van der Waals surface area contributed by atoms with Gasteiger partial charge in [-0.2, -0.15) is 0 Å². The normalized spacial score (nSPS) is 28.3. The van der Waals surface area contributed by atoms with Crippen LogP contribution in [-0.4, -0.2) is 51.5 Å². The molecule has 7 nitrogen and oxygen atoms in total. The lowest BCUT2D eigenvalue weighted by molar-refractivity contribution is -0.129. The summed E-state index contributed by atoms with van der Waals surface area (Å²) in [5, 5.41) is 0. The number of ketones is 1. The Bertz CT molecular complexity index is 1120. The summed E-state index contributed by atoms with van der Waals surface area (Å²) in [7, 11) is 0. The van der Waals surface area contributed by atoms with Crippen LogP contribution in [0.3, 0.4) is 0 Å². The molecule has 0 spiro atoms. The van der Waals surface area contributed by atoms with Gasteiger partial charge < -0.3 is 9.47 Å². The zero-order valence-electron chi connectivity index (χ0n) is 19.5. The highest BCUT2D eigenvalue weighted by Crippen LogP contribution is 2.47. The molecule has 0 radical (unpaired) electrons. The summed E-state index contributed by atoms with van der Waals surface area (Å²) in [6.07, 6.45) is 2.19. The van der Waals surface area contributed by atoms with Gasteiger partial charge in [-0.05, 0) is 31.9 Å². The van der Waals surface area contributed by atoms with Gasteiger partial charge >= 0.3 is 12.2 Å². The van der Waals surface area contributed by atoms with Crippen molar-refractivity contribution in [3.8, 4) is 0 Å². The first-order valence-corrected chi connectivity index (χ1v) is 11.6. The molecule has 0 saturated carbocycles. The van der Waals surface area contributed by atoms with E-state index in [0.717, 1.165) is 11.1 Å². The maximum Gasteiger partial charge on any atom is 0.411 e. The van der Waals surface area contributed by atoms with Gasteiger partial charge in [-0.1, -0.05) is 72.8 Å². The van der Waals surface area contributed by atoms with Gasteiger partial charge in [0.2, 0.25) is 0 Å². The predicted molar refractivity (Wildman–Crippen MR) is 125 cm³/mol. The standard InChI is InChI=1S/C27H28N2O5/c1-27(2,3)34-26(32)28-19-14-15-20(28)23(21(30)16-19)29-22(17-10-6-4-7-11-17)24(33-25(29)31)18-12-8-5-9-13-18/h4-15,19-20,22-24H,16H2,1-3H3/t19-,20+,22-,23-,24+/m0/s1. The summed E-state index contributed by atoms with van der Waals surface area (Å²) in [5.74, 6) is -0.0913. The first-order valence-electron chi connectivity index (χ1n) is 11.6. The molecule has 2 saturated heterocycles. The smallest absolute Gasteiger partial charge is 0.411 e. The van der Waals surface area contributed by atoms with Gasteiger partial charge in [-0.15, -0.1) is 0 Å². The summed E-state index contributed by atoms with van der Waals surface area (Å²) >= 11 is 0. The molecule has 2 amide bonds. The van der Waals surface area contributed by atoms with Crippen molar-refractivity contribution in [2.24, 2.45) is 0 Å². The Morgan fingerprint density at radius 1 is 0.912 bits per heavy atom. The number of piperidine rings is 1. The molecule has 7 heteroatoms. The fraction of sp³-hybridized carbons (Fsp3) is 0.370. The Kier molecular flexibility index (Phi) is 5.42. The number of carbonyl (C=O) groups excluding carboxylic acids is 3. The minimum atomic E-state index is -0.867. The highest BCUT2D eigenvalue weighted by atomic mass is 16.6. The maximum absolute atomic E-state index is 13.4. The van der Waals surface area contributed by atoms with E-state index >= 15 is 0 Å². The topological polar surface area (TPSA) is 76.2 Å². The molecule has 2 aromatic rings. The molecule has 3 heterocycles. The van der Waals surface area contributed by atoms with Gasteiger partial charge in [-0.3, -0.25) is 14.6 Å². The fourth-order valence-corrected chi connectivity index (χ4v) is 5.14. The molecular weight excluding hydrogens is 432 g/mol. The van der Waals surface area contributed by atoms with Crippen molar-refractivity contribution in [3.63, 3.8) is 0 Å². The van der Waals surface area contributed by atoms with Gasteiger partial charge in [-0.25, -0.2) is 9.59 Å². The number of hydrogen-bond acceptors (Lipinski definition) is 5. The van der Waals surface area contributed by atoms with Gasteiger partial charge in [0.25, 0.3) is 0 Å². The second-order valence-electron chi connectivity index (χ2n) is 9.92. The molecule has 5 rings (SSSR count). The van der Waals surface area contributed by atoms with Crippen molar-refractivity contribution in [1.29, 1.82) is 0 Å². The van der Waals surface area contributed by atoms with E-state index in [9.17, 15) is 14.4 Å². The molecule has 0 N–H and O–H groups in total. The quantitative estimate of drug-likeness (QED) is 0.615. The summed E-state index contributed by atoms with van der Waals surface area (Å²) in [6, 6.07) is 16.7. The van der Waals surface area contributed by atoms with Crippen molar-refractivity contribution < 1.29 is 23.9 Å². The molecule has 2 fully saturated rings. The van der Waals surface area contributed by atoms with Crippen LogP contribution in [0.2, 0.25) is 0 Å². The maximum atomic E-state index is 13.4. The van der Waals surface area contributed by atoms with Crippen LogP contribution in [0.5, 0.6) is 0 Å². The zero-order valence-corrected chi connectivity index (χ0v) is 19.5. The lowest BCUT2D eigenvalue weighted by Crippen LogP contribution is -2.62. The summed E-state index contributed by atoms with van der Waals surface area (Å²) in [5.41, 5.74) is 1.03. The van der Waals surface area contributed by atoms with E-state index in [1.165, 1.54) is 4.90 Å². The van der Waals surface area contributed by atoms with Crippen LogP contribution in [0.1, 0.15) is 50.5 Å². The lowest BCUT2D eigenvalue weighted by Gasteiger charge is -2.43.